The van der Waals surface area contributed by atoms with Crippen LogP contribution in [-0.4, -0.2) is 32.8 Å². The standard InChI is InChI=1S/C13H17ClFNO4S/c1-8-9(2-3-20-8)6-16-21(18,19)12-5-11(14)4-10(7-17)13(12)15/h4-5,8-9,16-17H,2-3,6-7H2,1H3. The van der Waals surface area contributed by atoms with Gasteiger partial charge in [-0.25, -0.2) is 17.5 Å². The van der Waals surface area contributed by atoms with Crippen LogP contribution in [0.1, 0.15) is 18.9 Å². The predicted octanol–water partition coefficient (Wildman–Crippen LogP) is 1.67. The quantitative estimate of drug-likeness (QED) is 0.857. The molecule has 5 nitrogen and oxygen atoms in total. The van der Waals surface area contributed by atoms with Crippen molar-refractivity contribution in [2.75, 3.05) is 13.2 Å². The monoisotopic (exact) mass is 337 g/mol. The van der Waals surface area contributed by atoms with Gasteiger partial charge in [0.05, 0.1) is 12.7 Å². The Morgan fingerprint density at radius 3 is 2.81 bits per heavy atom. The van der Waals surface area contributed by atoms with Crippen LogP contribution in [0.15, 0.2) is 17.0 Å². The molecule has 1 saturated heterocycles. The average Bonchev–Trinajstić information content (AvgIpc) is 2.84. The second-order valence-corrected chi connectivity index (χ2v) is 7.18. The van der Waals surface area contributed by atoms with Crippen molar-refractivity contribution in [3.63, 3.8) is 0 Å². The summed E-state index contributed by atoms with van der Waals surface area (Å²) in [7, 11) is -4.03. The summed E-state index contributed by atoms with van der Waals surface area (Å²) in [5, 5.41) is 9.09. The zero-order chi connectivity index (χ0) is 15.6. The lowest BCUT2D eigenvalue weighted by Crippen LogP contribution is -2.32. The third kappa shape index (κ3) is 3.73. The molecule has 8 heteroatoms. The van der Waals surface area contributed by atoms with E-state index >= 15 is 0 Å². The van der Waals surface area contributed by atoms with Gasteiger partial charge in [-0.15, -0.1) is 0 Å². The van der Waals surface area contributed by atoms with E-state index in [-0.39, 0.29) is 29.2 Å². The fourth-order valence-corrected chi connectivity index (χ4v) is 3.81. The van der Waals surface area contributed by atoms with Crippen molar-refractivity contribution in [2.24, 2.45) is 5.92 Å². The Morgan fingerprint density at radius 2 is 2.24 bits per heavy atom. The second kappa shape index (κ2) is 6.58. The third-order valence-electron chi connectivity index (χ3n) is 3.61. The number of rotatable bonds is 5. The third-order valence-corrected chi connectivity index (χ3v) is 5.25. The van der Waals surface area contributed by atoms with Gasteiger partial charge in [-0.05, 0) is 25.5 Å². The number of hydrogen-bond donors (Lipinski definition) is 2. The maximum absolute atomic E-state index is 14.1. The zero-order valence-electron chi connectivity index (χ0n) is 11.5. The molecule has 0 spiro atoms. The van der Waals surface area contributed by atoms with Crippen molar-refractivity contribution < 1.29 is 22.7 Å². The first kappa shape index (κ1) is 16.6. The largest absolute Gasteiger partial charge is 0.392 e. The summed E-state index contributed by atoms with van der Waals surface area (Å²) in [6, 6.07) is 2.23. The normalized spacial score (nSPS) is 22.7. The van der Waals surface area contributed by atoms with Gasteiger partial charge >= 0.3 is 0 Å². The average molecular weight is 338 g/mol. The summed E-state index contributed by atoms with van der Waals surface area (Å²) in [5.74, 6) is -0.926. The van der Waals surface area contributed by atoms with Crippen LogP contribution >= 0.6 is 11.6 Å². The number of aliphatic hydroxyl groups is 1. The van der Waals surface area contributed by atoms with Crippen molar-refractivity contribution in [1.29, 1.82) is 0 Å². The Hall–Kier alpha value is -0.730. The van der Waals surface area contributed by atoms with Crippen LogP contribution in [0.25, 0.3) is 0 Å². The van der Waals surface area contributed by atoms with E-state index in [1.165, 1.54) is 6.07 Å². The van der Waals surface area contributed by atoms with E-state index in [1.54, 1.807) is 0 Å². The summed E-state index contributed by atoms with van der Waals surface area (Å²) < 4.78 is 46.2. The Labute approximate surface area is 128 Å². The van der Waals surface area contributed by atoms with E-state index in [9.17, 15) is 12.8 Å². The lowest BCUT2D eigenvalue weighted by atomic mass is 10.0. The van der Waals surface area contributed by atoms with Crippen molar-refractivity contribution in [3.8, 4) is 0 Å². The smallest absolute Gasteiger partial charge is 0.243 e. The van der Waals surface area contributed by atoms with Gasteiger partial charge in [0.25, 0.3) is 0 Å². The molecule has 2 rings (SSSR count). The molecular weight excluding hydrogens is 321 g/mol. The molecule has 0 aromatic heterocycles. The number of nitrogens with one attached hydrogen (secondary N) is 1. The molecule has 2 atom stereocenters. The molecule has 118 valence electrons. The van der Waals surface area contributed by atoms with Crippen molar-refractivity contribution >= 4 is 21.6 Å². The number of hydrogen-bond acceptors (Lipinski definition) is 4. The van der Waals surface area contributed by atoms with Crippen LogP contribution in [0.2, 0.25) is 5.02 Å². The first-order valence-corrected chi connectivity index (χ1v) is 8.41. The Morgan fingerprint density at radius 1 is 1.52 bits per heavy atom. The van der Waals surface area contributed by atoms with Crippen LogP contribution in [0.4, 0.5) is 4.39 Å². The molecule has 1 aliphatic rings. The maximum Gasteiger partial charge on any atom is 0.243 e. The molecule has 1 aliphatic heterocycles. The van der Waals surface area contributed by atoms with Gasteiger partial charge in [0.1, 0.15) is 10.7 Å². The van der Waals surface area contributed by atoms with E-state index in [0.717, 1.165) is 12.5 Å². The van der Waals surface area contributed by atoms with Crippen LogP contribution in [0.5, 0.6) is 0 Å². The van der Waals surface area contributed by atoms with E-state index < -0.39 is 27.3 Å². The number of benzene rings is 1. The molecular formula is C13H17ClFNO4S. The summed E-state index contributed by atoms with van der Waals surface area (Å²) in [5.41, 5.74) is -0.152. The van der Waals surface area contributed by atoms with Gasteiger partial charge < -0.3 is 9.84 Å². The molecule has 0 aliphatic carbocycles. The minimum Gasteiger partial charge on any atom is -0.392 e. The molecule has 1 fully saturated rings. The van der Waals surface area contributed by atoms with Crippen molar-refractivity contribution in [3.05, 3.63) is 28.5 Å². The number of ether oxygens (including phenoxy) is 1. The topological polar surface area (TPSA) is 75.6 Å². The molecule has 0 amide bonds. The molecule has 0 radical (unpaired) electrons. The number of aliphatic hydroxyl groups excluding tert-OH is 1. The number of sulfonamides is 1. The van der Waals surface area contributed by atoms with Crippen molar-refractivity contribution in [1.82, 2.24) is 4.72 Å². The van der Waals surface area contributed by atoms with Gasteiger partial charge in [0.2, 0.25) is 10.0 Å². The Bertz CT molecular complexity index is 623. The summed E-state index contributed by atoms with van der Waals surface area (Å²) in [6.07, 6.45) is 0.716. The lowest BCUT2D eigenvalue weighted by molar-refractivity contribution is 0.107. The number of halogens is 2. The minimum atomic E-state index is -4.03. The van der Waals surface area contributed by atoms with Gasteiger partial charge in [-0.3, -0.25) is 0 Å². The van der Waals surface area contributed by atoms with E-state index in [4.69, 9.17) is 21.4 Å². The molecule has 1 aromatic carbocycles. The summed E-state index contributed by atoms with van der Waals surface area (Å²) in [6.45, 7) is 2.01. The second-order valence-electron chi connectivity index (χ2n) is 5.01. The van der Waals surface area contributed by atoms with Crippen LogP contribution in [-0.2, 0) is 21.4 Å². The highest BCUT2D eigenvalue weighted by atomic mass is 35.5. The fraction of sp³-hybridized carbons (Fsp3) is 0.538. The highest BCUT2D eigenvalue weighted by Gasteiger charge is 2.28. The predicted molar refractivity (Wildman–Crippen MR) is 76.0 cm³/mol. The molecule has 1 aromatic rings. The van der Waals surface area contributed by atoms with Crippen molar-refractivity contribution in [2.45, 2.75) is 31.0 Å². The molecule has 2 N–H and O–H groups in total. The lowest BCUT2D eigenvalue weighted by Gasteiger charge is -2.16. The highest BCUT2D eigenvalue weighted by Crippen LogP contribution is 2.25. The van der Waals surface area contributed by atoms with Gasteiger partial charge in [-0.2, -0.15) is 0 Å². The van der Waals surface area contributed by atoms with E-state index in [1.807, 2.05) is 6.92 Å². The Kier molecular flexibility index (Phi) is 5.21. The maximum atomic E-state index is 14.1. The zero-order valence-corrected chi connectivity index (χ0v) is 13.0. The van der Waals surface area contributed by atoms with Crippen LogP contribution < -0.4 is 4.72 Å². The summed E-state index contributed by atoms with van der Waals surface area (Å²) >= 11 is 5.77. The molecule has 2 unspecified atom stereocenters. The first-order chi connectivity index (χ1) is 9.85. The SMILES string of the molecule is CC1OCCC1CNS(=O)(=O)c1cc(Cl)cc(CO)c1F. The molecule has 21 heavy (non-hydrogen) atoms. The van der Waals surface area contributed by atoms with Crippen LogP contribution in [0.3, 0.4) is 0 Å². The first-order valence-electron chi connectivity index (χ1n) is 6.55. The van der Waals surface area contributed by atoms with Crippen LogP contribution in [0, 0.1) is 11.7 Å². The fourth-order valence-electron chi connectivity index (χ4n) is 2.27. The summed E-state index contributed by atoms with van der Waals surface area (Å²) in [4.78, 5) is -0.550. The van der Waals surface area contributed by atoms with Gasteiger partial charge in [0, 0.05) is 29.7 Å². The molecule has 1 heterocycles. The molecule has 0 saturated carbocycles. The Balaban J connectivity index is 2.21. The minimum absolute atomic E-state index is 0.0371. The molecule has 0 bridgehead atoms. The van der Waals surface area contributed by atoms with Gasteiger partial charge in [-0.1, -0.05) is 11.6 Å². The van der Waals surface area contributed by atoms with E-state index in [0.29, 0.717) is 6.61 Å². The van der Waals surface area contributed by atoms with E-state index in [2.05, 4.69) is 4.72 Å². The van der Waals surface area contributed by atoms with Gasteiger partial charge in [0.15, 0.2) is 0 Å². The highest BCUT2D eigenvalue weighted by molar-refractivity contribution is 7.89.